The van der Waals surface area contributed by atoms with Crippen LogP contribution in [-0.4, -0.2) is 45.8 Å². The Bertz CT molecular complexity index is 768. The van der Waals surface area contributed by atoms with Crippen molar-refractivity contribution >= 4 is 0 Å². The highest BCUT2D eigenvalue weighted by molar-refractivity contribution is 5.24. The first-order valence-corrected chi connectivity index (χ1v) is 9.14. The van der Waals surface area contributed by atoms with Crippen LogP contribution in [0.1, 0.15) is 24.6 Å². The van der Waals surface area contributed by atoms with E-state index in [1.165, 1.54) is 24.4 Å². The van der Waals surface area contributed by atoms with Crippen LogP contribution in [0.15, 0.2) is 36.5 Å². The molecule has 0 radical (unpaired) electrons. The quantitative estimate of drug-likeness (QED) is 0.840. The van der Waals surface area contributed by atoms with Gasteiger partial charge in [-0.3, -0.25) is 9.88 Å². The van der Waals surface area contributed by atoms with Crippen molar-refractivity contribution in [2.75, 3.05) is 19.6 Å². The Kier molecular flexibility index (Phi) is 4.97. The molecule has 2 N–H and O–H groups in total. The van der Waals surface area contributed by atoms with Gasteiger partial charge in [0.25, 0.3) is 0 Å². The molecule has 1 aliphatic carbocycles. The van der Waals surface area contributed by atoms with Crippen LogP contribution in [0.3, 0.4) is 0 Å². The molecule has 0 bridgehead atoms. The molecule has 2 aliphatic rings. The summed E-state index contributed by atoms with van der Waals surface area (Å²) in [6.45, 7) is 2.21. The summed E-state index contributed by atoms with van der Waals surface area (Å²) in [7, 11) is 0. The highest BCUT2D eigenvalue weighted by Crippen LogP contribution is 2.40. The smallest absolute Gasteiger partial charge is 0.133 e. The van der Waals surface area contributed by atoms with Crippen LogP contribution >= 0.6 is 0 Å². The Morgan fingerprint density at radius 3 is 2.37 bits per heavy atom. The lowest BCUT2D eigenvalue weighted by atomic mass is 10.0. The largest absolute Gasteiger partial charge is 0.506 e. The maximum absolute atomic E-state index is 13.3. The molecule has 2 fully saturated rings. The predicted molar refractivity (Wildman–Crippen MR) is 94.3 cm³/mol. The van der Waals surface area contributed by atoms with E-state index >= 15 is 0 Å². The summed E-state index contributed by atoms with van der Waals surface area (Å²) in [5, 5.41) is 19.6. The molecule has 144 valence electrons. The molecule has 4 rings (SSSR count). The molecule has 1 saturated carbocycles. The summed E-state index contributed by atoms with van der Waals surface area (Å²) in [5.41, 5.74) is 0.541. The molecule has 2 aromatic rings. The maximum atomic E-state index is 13.3. The van der Waals surface area contributed by atoms with Crippen LogP contribution in [-0.2, 0) is 0 Å². The number of ether oxygens (including phenoxy) is 1. The Labute approximate surface area is 156 Å². The van der Waals surface area contributed by atoms with Crippen molar-refractivity contribution < 1.29 is 23.7 Å². The third kappa shape index (κ3) is 4.20. The summed E-state index contributed by atoms with van der Waals surface area (Å²) in [5.74, 6) is -0.0480. The highest BCUT2D eigenvalue weighted by Gasteiger charge is 2.42. The summed E-state index contributed by atoms with van der Waals surface area (Å²) in [4.78, 5) is 6.27. The lowest BCUT2D eigenvalue weighted by molar-refractivity contribution is 0.113. The summed E-state index contributed by atoms with van der Waals surface area (Å²) in [6, 6.07) is 6.40. The number of hydrogen-bond donors (Lipinski definition) is 2. The van der Waals surface area contributed by atoms with E-state index in [0.717, 1.165) is 32.0 Å². The van der Waals surface area contributed by atoms with Gasteiger partial charge in [-0.2, -0.15) is 0 Å². The molecule has 1 aliphatic heterocycles. The van der Waals surface area contributed by atoms with Crippen molar-refractivity contribution in [2.24, 2.45) is 11.8 Å². The van der Waals surface area contributed by atoms with Gasteiger partial charge in [-0.25, -0.2) is 8.78 Å². The molecule has 1 saturated heterocycles. The number of halogens is 2. The molecule has 7 heteroatoms. The van der Waals surface area contributed by atoms with Crippen LogP contribution < -0.4 is 4.74 Å². The van der Waals surface area contributed by atoms with Gasteiger partial charge in [-0.1, -0.05) is 0 Å². The van der Waals surface area contributed by atoms with Gasteiger partial charge < -0.3 is 14.9 Å². The topological polar surface area (TPSA) is 65.8 Å². The second-order valence-corrected chi connectivity index (χ2v) is 7.51. The third-order valence-electron chi connectivity index (χ3n) is 5.47. The molecular formula is C20H22F2N2O3. The Hall–Kier alpha value is -2.25. The van der Waals surface area contributed by atoms with Crippen molar-refractivity contribution in [1.82, 2.24) is 9.88 Å². The van der Waals surface area contributed by atoms with Gasteiger partial charge in [0.1, 0.15) is 29.2 Å². The van der Waals surface area contributed by atoms with Crippen LogP contribution in [0, 0.1) is 23.5 Å². The summed E-state index contributed by atoms with van der Waals surface area (Å²) >= 11 is 0. The summed E-state index contributed by atoms with van der Waals surface area (Å²) in [6.07, 6.45) is 2.27. The average molecular weight is 376 g/mol. The van der Waals surface area contributed by atoms with Crippen molar-refractivity contribution in [3.05, 3.63) is 53.9 Å². The number of fused-ring (bicyclic) bond motifs is 1. The van der Waals surface area contributed by atoms with E-state index in [1.54, 1.807) is 6.07 Å². The number of aromatic hydroxyl groups is 1. The fourth-order valence-corrected chi connectivity index (χ4v) is 4.31. The molecule has 0 spiro atoms. The van der Waals surface area contributed by atoms with E-state index in [1.807, 2.05) is 0 Å². The number of hydrogen-bond acceptors (Lipinski definition) is 5. The fraction of sp³-hybridized carbons (Fsp3) is 0.450. The van der Waals surface area contributed by atoms with Gasteiger partial charge >= 0.3 is 0 Å². The first-order valence-electron chi connectivity index (χ1n) is 9.14. The Morgan fingerprint density at radius 1 is 1.11 bits per heavy atom. The Morgan fingerprint density at radius 2 is 1.78 bits per heavy atom. The molecule has 5 nitrogen and oxygen atoms in total. The van der Waals surface area contributed by atoms with Crippen molar-refractivity contribution in [3.8, 4) is 11.5 Å². The van der Waals surface area contributed by atoms with Crippen LogP contribution in [0.4, 0.5) is 8.78 Å². The maximum Gasteiger partial charge on any atom is 0.133 e. The lowest BCUT2D eigenvalue weighted by Gasteiger charge is -2.22. The van der Waals surface area contributed by atoms with E-state index in [4.69, 9.17) is 4.74 Å². The zero-order valence-corrected chi connectivity index (χ0v) is 14.8. The molecular weight excluding hydrogens is 354 g/mol. The third-order valence-corrected chi connectivity index (χ3v) is 5.47. The highest BCUT2D eigenvalue weighted by atomic mass is 19.1. The second-order valence-electron chi connectivity index (χ2n) is 7.51. The van der Waals surface area contributed by atoms with Crippen LogP contribution in [0.2, 0.25) is 0 Å². The van der Waals surface area contributed by atoms with Gasteiger partial charge in [0.05, 0.1) is 18.0 Å². The van der Waals surface area contributed by atoms with E-state index in [0.29, 0.717) is 24.1 Å². The molecule has 1 aromatic heterocycles. The summed E-state index contributed by atoms with van der Waals surface area (Å²) < 4.78 is 32.4. The SMILES string of the molecule is Oc1ccc(C(O)CN2C[C@H]3C[C@H](Oc4cc(F)cc(F)c4)C[C@H]3C2)nc1. The predicted octanol–water partition coefficient (Wildman–Crippen LogP) is 2.89. The van der Waals surface area contributed by atoms with Gasteiger partial charge in [-0.05, 0) is 36.8 Å². The number of likely N-dealkylation sites (tertiary alicyclic amines) is 1. The number of aliphatic hydroxyl groups excluding tert-OH is 1. The molecule has 4 atom stereocenters. The van der Waals surface area contributed by atoms with Gasteiger partial charge in [0.15, 0.2) is 0 Å². The normalized spacial score (nSPS) is 26.1. The first-order chi connectivity index (χ1) is 13.0. The van der Waals surface area contributed by atoms with E-state index in [2.05, 4.69) is 9.88 Å². The zero-order valence-electron chi connectivity index (χ0n) is 14.8. The standard InChI is InChI=1S/C20H22F2N2O3/c21-14-5-15(22)7-18(6-14)27-17-3-12-9-24(10-13(12)4-17)11-20(26)19-2-1-16(25)8-23-19/h1-2,5-8,12-13,17,20,25-26H,3-4,9-11H2/t12-,13+,17+,20?. The molecule has 1 unspecified atom stereocenters. The van der Waals surface area contributed by atoms with Crippen molar-refractivity contribution in [1.29, 1.82) is 0 Å². The van der Waals surface area contributed by atoms with E-state index in [9.17, 15) is 19.0 Å². The number of benzene rings is 1. The van der Waals surface area contributed by atoms with Crippen LogP contribution in [0.25, 0.3) is 0 Å². The molecule has 2 heterocycles. The minimum Gasteiger partial charge on any atom is -0.506 e. The van der Waals surface area contributed by atoms with E-state index < -0.39 is 17.7 Å². The Balaban J connectivity index is 1.29. The number of rotatable bonds is 5. The lowest BCUT2D eigenvalue weighted by Crippen LogP contribution is -2.29. The monoisotopic (exact) mass is 376 g/mol. The number of β-amino-alcohol motifs (C(OH)–C–C–N with tert-alkyl or cyclic N) is 1. The van der Waals surface area contributed by atoms with Crippen LogP contribution in [0.5, 0.6) is 11.5 Å². The van der Waals surface area contributed by atoms with Gasteiger partial charge in [0.2, 0.25) is 0 Å². The van der Waals surface area contributed by atoms with Crippen molar-refractivity contribution in [2.45, 2.75) is 25.0 Å². The second kappa shape index (κ2) is 7.40. The molecule has 27 heavy (non-hydrogen) atoms. The number of pyridine rings is 1. The van der Waals surface area contributed by atoms with Crippen molar-refractivity contribution in [3.63, 3.8) is 0 Å². The zero-order chi connectivity index (χ0) is 19.0. The number of nitrogens with zero attached hydrogens (tertiary/aromatic N) is 2. The fourth-order valence-electron chi connectivity index (χ4n) is 4.31. The number of aliphatic hydroxyl groups is 1. The van der Waals surface area contributed by atoms with E-state index in [-0.39, 0.29) is 17.6 Å². The number of aromatic nitrogens is 1. The minimum absolute atomic E-state index is 0.0351. The average Bonchev–Trinajstić information content (AvgIpc) is 3.12. The van der Waals surface area contributed by atoms with Gasteiger partial charge in [0, 0.05) is 37.8 Å². The molecule has 1 aromatic carbocycles. The minimum atomic E-state index is -0.702. The van der Waals surface area contributed by atoms with Gasteiger partial charge in [-0.15, -0.1) is 0 Å². The first kappa shape index (κ1) is 18.1. The molecule has 0 amide bonds.